The largest absolute Gasteiger partial charge is 0.479 e. The lowest BCUT2D eigenvalue weighted by atomic mass is 10.2. The van der Waals surface area contributed by atoms with Crippen LogP contribution < -0.4 is 0 Å². The van der Waals surface area contributed by atoms with Crippen molar-refractivity contribution >= 4 is 5.97 Å². The van der Waals surface area contributed by atoms with Crippen molar-refractivity contribution in [3.8, 4) is 0 Å². The van der Waals surface area contributed by atoms with Crippen molar-refractivity contribution in [1.82, 2.24) is 14.5 Å². The van der Waals surface area contributed by atoms with Crippen molar-refractivity contribution in [3.63, 3.8) is 0 Å². The second kappa shape index (κ2) is 5.79. The molecule has 0 spiro atoms. The number of hydrogen-bond acceptors (Lipinski definition) is 4. The van der Waals surface area contributed by atoms with E-state index in [2.05, 4.69) is 9.88 Å². The highest BCUT2D eigenvalue weighted by Crippen LogP contribution is 2.06. The predicted molar refractivity (Wildman–Crippen MR) is 60.7 cm³/mol. The lowest BCUT2D eigenvalue weighted by Crippen LogP contribution is -2.46. The van der Waals surface area contributed by atoms with Crippen molar-refractivity contribution in [2.45, 2.75) is 19.1 Å². The highest BCUT2D eigenvalue weighted by molar-refractivity contribution is 5.72. The van der Waals surface area contributed by atoms with Gasteiger partial charge in [0.15, 0.2) is 6.10 Å². The molecule has 6 heteroatoms. The quantitative estimate of drug-likeness (QED) is 0.787. The number of aliphatic carboxylic acids is 1. The number of aromatic nitrogens is 2. The number of carboxylic acid groups (broad SMARTS) is 1. The van der Waals surface area contributed by atoms with Gasteiger partial charge in [-0.25, -0.2) is 9.78 Å². The van der Waals surface area contributed by atoms with E-state index in [9.17, 15) is 4.79 Å². The van der Waals surface area contributed by atoms with Gasteiger partial charge in [-0.3, -0.25) is 4.90 Å². The Labute approximate surface area is 99.8 Å². The Balaban J connectivity index is 1.70. The maximum atomic E-state index is 10.8. The number of morpholine rings is 1. The molecule has 0 aliphatic carbocycles. The highest BCUT2D eigenvalue weighted by Gasteiger charge is 2.25. The first-order valence-electron chi connectivity index (χ1n) is 5.78. The first-order chi connectivity index (χ1) is 8.25. The SMILES string of the molecule is O=C(O)C1CN(CCCn2ccnc2)CCO1. The zero-order valence-corrected chi connectivity index (χ0v) is 9.66. The fourth-order valence-electron chi connectivity index (χ4n) is 1.95. The molecule has 0 aromatic carbocycles. The molecule has 94 valence electrons. The predicted octanol–water partition coefficient (Wildman–Crippen LogP) is 0.0586. The Kier molecular flexibility index (Phi) is 4.11. The summed E-state index contributed by atoms with van der Waals surface area (Å²) in [5.74, 6) is -0.871. The molecule has 0 radical (unpaired) electrons. The molecule has 2 heterocycles. The van der Waals surface area contributed by atoms with Gasteiger partial charge in [-0.2, -0.15) is 0 Å². The molecule has 0 saturated carbocycles. The van der Waals surface area contributed by atoms with Gasteiger partial charge in [0.25, 0.3) is 0 Å². The van der Waals surface area contributed by atoms with Crippen molar-refractivity contribution in [2.75, 3.05) is 26.2 Å². The zero-order chi connectivity index (χ0) is 12.1. The molecule has 1 aromatic heterocycles. The van der Waals surface area contributed by atoms with Gasteiger partial charge in [0, 0.05) is 38.6 Å². The number of imidazole rings is 1. The Bertz CT molecular complexity index is 353. The van der Waals surface area contributed by atoms with Crippen LogP contribution >= 0.6 is 0 Å². The minimum absolute atomic E-state index is 0.485. The molecule has 1 aromatic rings. The van der Waals surface area contributed by atoms with Gasteiger partial charge in [-0.1, -0.05) is 0 Å². The second-order valence-electron chi connectivity index (χ2n) is 4.15. The number of nitrogens with zero attached hydrogens (tertiary/aromatic N) is 3. The molecule has 0 bridgehead atoms. The Morgan fingerprint density at radius 3 is 3.12 bits per heavy atom. The van der Waals surface area contributed by atoms with E-state index in [1.807, 2.05) is 10.8 Å². The summed E-state index contributed by atoms with van der Waals surface area (Å²) in [5.41, 5.74) is 0. The number of aryl methyl sites for hydroxylation is 1. The fraction of sp³-hybridized carbons (Fsp3) is 0.636. The molecule has 0 amide bonds. The standard InChI is InChI=1S/C11H17N3O3/c15-11(16)10-8-13(6-7-17-10)3-1-4-14-5-2-12-9-14/h2,5,9-10H,1,3-4,6-8H2,(H,15,16). The lowest BCUT2D eigenvalue weighted by molar-refractivity contribution is -0.156. The Morgan fingerprint density at radius 2 is 2.41 bits per heavy atom. The highest BCUT2D eigenvalue weighted by atomic mass is 16.5. The summed E-state index contributed by atoms with van der Waals surface area (Å²) in [4.78, 5) is 16.9. The van der Waals surface area contributed by atoms with Gasteiger partial charge < -0.3 is 14.4 Å². The van der Waals surface area contributed by atoms with Gasteiger partial charge in [-0.15, -0.1) is 0 Å². The number of ether oxygens (including phenoxy) is 1. The minimum Gasteiger partial charge on any atom is -0.479 e. The molecular formula is C11H17N3O3. The first kappa shape index (κ1) is 12.1. The fourth-order valence-corrected chi connectivity index (χ4v) is 1.95. The smallest absolute Gasteiger partial charge is 0.334 e. The molecule has 1 fully saturated rings. The average molecular weight is 239 g/mol. The van der Waals surface area contributed by atoms with Crippen LogP contribution in [0, 0.1) is 0 Å². The average Bonchev–Trinajstić information content (AvgIpc) is 2.82. The molecular weight excluding hydrogens is 222 g/mol. The lowest BCUT2D eigenvalue weighted by Gasteiger charge is -2.30. The summed E-state index contributed by atoms with van der Waals surface area (Å²) in [5, 5.41) is 8.87. The van der Waals surface area contributed by atoms with E-state index in [1.165, 1.54) is 0 Å². The molecule has 17 heavy (non-hydrogen) atoms. The van der Waals surface area contributed by atoms with Gasteiger partial charge in [0.1, 0.15) is 0 Å². The van der Waals surface area contributed by atoms with Crippen LogP contribution in [0.5, 0.6) is 0 Å². The first-order valence-corrected chi connectivity index (χ1v) is 5.78. The molecule has 2 rings (SSSR count). The Morgan fingerprint density at radius 1 is 1.53 bits per heavy atom. The number of carbonyl (C=O) groups is 1. The van der Waals surface area contributed by atoms with Crippen molar-refractivity contribution in [2.24, 2.45) is 0 Å². The van der Waals surface area contributed by atoms with Gasteiger partial charge in [-0.05, 0) is 6.42 Å². The minimum atomic E-state index is -0.871. The number of rotatable bonds is 5. The monoisotopic (exact) mass is 239 g/mol. The van der Waals surface area contributed by atoms with Crippen molar-refractivity contribution in [3.05, 3.63) is 18.7 Å². The molecule has 1 unspecified atom stereocenters. The van der Waals surface area contributed by atoms with E-state index in [0.717, 1.165) is 26.1 Å². The number of carboxylic acids is 1. The van der Waals surface area contributed by atoms with Crippen molar-refractivity contribution in [1.29, 1.82) is 0 Å². The molecule has 1 N–H and O–H groups in total. The van der Waals surface area contributed by atoms with Crippen LogP contribution in [-0.4, -0.2) is 57.9 Å². The third-order valence-electron chi connectivity index (χ3n) is 2.88. The van der Waals surface area contributed by atoms with E-state index in [4.69, 9.17) is 9.84 Å². The van der Waals surface area contributed by atoms with E-state index >= 15 is 0 Å². The van der Waals surface area contributed by atoms with Gasteiger partial charge in [0.2, 0.25) is 0 Å². The molecule has 1 atom stereocenters. The summed E-state index contributed by atoms with van der Waals surface area (Å²) in [7, 11) is 0. The maximum absolute atomic E-state index is 10.8. The van der Waals surface area contributed by atoms with Crippen LogP contribution in [0.4, 0.5) is 0 Å². The summed E-state index contributed by atoms with van der Waals surface area (Å²) < 4.78 is 7.19. The van der Waals surface area contributed by atoms with Gasteiger partial charge in [0.05, 0.1) is 12.9 Å². The molecule has 6 nitrogen and oxygen atoms in total. The van der Waals surface area contributed by atoms with Crippen LogP contribution in [0.15, 0.2) is 18.7 Å². The van der Waals surface area contributed by atoms with Crippen LogP contribution in [0.1, 0.15) is 6.42 Å². The van der Waals surface area contributed by atoms with Crippen LogP contribution in [0.25, 0.3) is 0 Å². The zero-order valence-electron chi connectivity index (χ0n) is 9.66. The second-order valence-corrected chi connectivity index (χ2v) is 4.15. The van der Waals surface area contributed by atoms with Gasteiger partial charge >= 0.3 is 5.97 Å². The summed E-state index contributed by atoms with van der Waals surface area (Å²) in [6, 6.07) is 0. The van der Waals surface area contributed by atoms with Crippen LogP contribution in [0.3, 0.4) is 0 Å². The molecule has 1 saturated heterocycles. The van der Waals surface area contributed by atoms with E-state index in [0.29, 0.717) is 13.2 Å². The third kappa shape index (κ3) is 3.54. The summed E-state index contributed by atoms with van der Waals surface area (Å²) in [6.07, 6.45) is 5.80. The summed E-state index contributed by atoms with van der Waals surface area (Å²) >= 11 is 0. The van der Waals surface area contributed by atoms with E-state index < -0.39 is 12.1 Å². The van der Waals surface area contributed by atoms with Crippen molar-refractivity contribution < 1.29 is 14.6 Å². The topological polar surface area (TPSA) is 67.6 Å². The molecule has 1 aliphatic heterocycles. The Hall–Kier alpha value is -1.40. The van der Waals surface area contributed by atoms with E-state index in [1.54, 1.807) is 12.5 Å². The van der Waals surface area contributed by atoms with E-state index in [-0.39, 0.29) is 0 Å². The maximum Gasteiger partial charge on any atom is 0.334 e. The molecule has 1 aliphatic rings. The third-order valence-corrected chi connectivity index (χ3v) is 2.88. The van der Waals surface area contributed by atoms with Crippen LogP contribution in [0.2, 0.25) is 0 Å². The number of hydrogen-bond donors (Lipinski definition) is 1. The van der Waals surface area contributed by atoms with Crippen LogP contribution in [-0.2, 0) is 16.1 Å². The normalized spacial score (nSPS) is 21.5. The summed E-state index contributed by atoms with van der Waals surface area (Å²) in [6.45, 7) is 3.61.